The van der Waals surface area contributed by atoms with Crippen LogP contribution in [-0.4, -0.2) is 56.7 Å². The third-order valence-corrected chi connectivity index (χ3v) is 4.00. The molecular formula is C12H21Cl2N3O2S. The lowest BCUT2D eigenvalue weighted by atomic mass is 10.2. The number of carbonyl (C=O) groups excluding carboxylic acids is 1. The molecule has 2 N–H and O–H groups in total. The summed E-state index contributed by atoms with van der Waals surface area (Å²) < 4.78 is 4.91. The molecule has 0 aliphatic carbocycles. The van der Waals surface area contributed by atoms with Crippen LogP contribution in [0.5, 0.6) is 0 Å². The number of anilines is 1. The van der Waals surface area contributed by atoms with E-state index in [1.165, 1.54) is 5.00 Å². The van der Waals surface area contributed by atoms with Gasteiger partial charge in [-0.05, 0) is 17.5 Å². The van der Waals surface area contributed by atoms with Crippen LogP contribution in [-0.2, 0) is 9.53 Å². The average Bonchev–Trinajstić information content (AvgIpc) is 2.92. The van der Waals surface area contributed by atoms with Gasteiger partial charge in [-0.3, -0.25) is 4.79 Å². The maximum absolute atomic E-state index is 12.0. The summed E-state index contributed by atoms with van der Waals surface area (Å²) in [4.78, 5) is 16.1. The molecule has 116 valence electrons. The SMILES string of the molecule is COCC(N)C(=O)N1CCN(c2cccs2)CC1.Cl.Cl. The highest BCUT2D eigenvalue weighted by atomic mass is 35.5. The van der Waals surface area contributed by atoms with Gasteiger partial charge in [-0.2, -0.15) is 0 Å². The van der Waals surface area contributed by atoms with Crippen molar-refractivity contribution in [1.82, 2.24) is 4.90 Å². The monoisotopic (exact) mass is 341 g/mol. The Morgan fingerprint density at radius 1 is 1.40 bits per heavy atom. The Morgan fingerprint density at radius 2 is 2.05 bits per heavy atom. The lowest BCUT2D eigenvalue weighted by Crippen LogP contribution is -2.54. The van der Waals surface area contributed by atoms with Gasteiger partial charge in [-0.1, -0.05) is 0 Å². The molecule has 0 bridgehead atoms. The Morgan fingerprint density at radius 3 is 2.55 bits per heavy atom. The predicted molar refractivity (Wildman–Crippen MR) is 87.5 cm³/mol. The Labute approximate surface area is 135 Å². The van der Waals surface area contributed by atoms with E-state index in [2.05, 4.69) is 16.3 Å². The van der Waals surface area contributed by atoms with E-state index in [-0.39, 0.29) is 37.3 Å². The van der Waals surface area contributed by atoms with Crippen LogP contribution in [0.3, 0.4) is 0 Å². The van der Waals surface area contributed by atoms with Crippen molar-refractivity contribution >= 4 is 47.1 Å². The highest BCUT2D eigenvalue weighted by Crippen LogP contribution is 2.22. The minimum atomic E-state index is -0.539. The van der Waals surface area contributed by atoms with E-state index < -0.39 is 6.04 Å². The normalized spacial score (nSPS) is 16.1. The lowest BCUT2D eigenvalue weighted by Gasteiger charge is -2.36. The first-order valence-electron chi connectivity index (χ1n) is 6.04. The Hall–Kier alpha value is -0.530. The fraction of sp³-hybridized carbons (Fsp3) is 0.583. The fourth-order valence-corrected chi connectivity index (χ4v) is 2.87. The number of nitrogens with two attached hydrogens (primary N) is 1. The second kappa shape index (κ2) is 9.41. The number of amides is 1. The van der Waals surface area contributed by atoms with Crippen molar-refractivity contribution in [2.75, 3.05) is 44.8 Å². The molecule has 1 amide bonds. The largest absolute Gasteiger partial charge is 0.383 e. The van der Waals surface area contributed by atoms with Crippen molar-refractivity contribution in [3.63, 3.8) is 0 Å². The van der Waals surface area contributed by atoms with Gasteiger partial charge in [0.1, 0.15) is 6.04 Å². The molecule has 1 aliphatic heterocycles. The smallest absolute Gasteiger partial charge is 0.241 e. The summed E-state index contributed by atoms with van der Waals surface area (Å²) in [7, 11) is 1.56. The highest BCUT2D eigenvalue weighted by Gasteiger charge is 2.25. The number of thiophene rings is 1. The maximum atomic E-state index is 12.0. The van der Waals surface area contributed by atoms with E-state index >= 15 is 0 Å². The first-order valence-corrected chi connectivity index (χ1v) is 6.92. The molecule has 2 rings (SSSR count). The Kier molecular flexibility index (Phi) is 9.16. The molecule has 1 aromatic rings. The van der Waals surface area contributed by atoms with Gasteiger partial charge in [0, 0.05) is 33.3 Å². The summed E-state index contributed by atoms with van der Waals surface area (Å²) in [6.45, 7) is 3.48. The van der Waals surface area contributed by atoms with E-state index in [1.807, 2.05) is 11.0 Å². The van der Waals surface area contributed by atoms with Gasteiger partial charge in [-0.15, -0.1) is 36.2 Å². The second-order valence-corrected chi connectivity index (χ2v) is 5.25. The molecule has 0 spiro atoms. The van der Waals surface area contributed by atoms with Crippen LogP contribution in [0.25, 0.3) is 0 Å². The zero-order valence-corrected chi connectivity index (χ0v) is 13.8. The molecule has 1 fully saturated rings. The number of nitrogens with zero attached hydrogens (tertiary/aromatic N) is 2. The second-order valence-electron chi connectivity index (χ2n) is 4.33. The molecule has 1 unspecified atom stereocenters. The van der Waals surface area contributed by atoms with Gasteiger partial charge in [0.15, 0.2) is 0 Å². The third kappa shape index (κ3) is 4.79. The van der Waals surface area contributed by atoms with Crippen LogP contribution in [0.1, 0.15) is 0 Å². The van der Waals surface area contributed by atoms with Gasteiger partial charge < -0.3 is 20.3 Å². The number of ether oxygens (including phenoxy) is 1. The number of hydrogen-bond donors (Lipinski definition) is 1. The number of halogens is 2. The van der Waals surface area contributed by atoms with Crippen molar-refractivity contribution in [2.45, 2.75) is 6.04 Å². The molecule has 0 saturated carbocycles. The first kappa shape index (κ1) is 19.5. The van der Waals surface area contributed by atoms with Gasteiger partial charge >= 0.3 is 0 Å². The summed E-state index contributed by atoms with van der Waals surface area (Å²) in [6, 6.07) is 3.62. The molecule has 1 aliphatic rings. The van der Waals surface area contributed by atoms with Crippen molar-refractivity contribution in [2.24, 2.45) is 5.73 Å². The summed E-state index contributed by atoms with van der Waals surface area (Å²) in [5, 5.41) is 3.34. The number of rotatable bonds is 4. The van der Waals surface area contributed by atoms with E-state index in [4.69, 9.17) is 10.5 Å². The molecular weight excluding hydrogens is 321 g/mol. The molecule has 20 heavy (non-hydrogen) atoms. The molecule has 8 heteroatoms. The molecule has 1 atom stereocenters. The molecule has 1 saturated heterocycles. The number of hydrogen-bond acceptors (Lipinski definition) is 5. The van der Waals surface area contributed by atoms with Crippen molar-refractivity contribution in [3.8, 4) is 0 Å². The summed E-state index contributed by atoms with van der Waals surface area (Å²) >= 11 is 1.73. The Balaban J connectivity index is 0.00000180. The predicted octanol–water partition coefficient (Wildman–Crippen LogP) is 1.21. The summed E-state index contributed by atoms with van der Waals surface area (Å²) in [5.74, 6) is -0.0114. The minimum Gasteiger partial charge on any atom is -0.383 e. The molecule has 0 aromatic carbocycles. The minimum absolute atomic E-state index is 0. The number of piperazine rings is 1. The fourth-order valence-electron chi connectivity index (χ4n) is 2.08. The van der Waals surface area contributed by atoms with Gasteiger partial charge in [0.2, 0.25) is 5.91 Å². The van der Waals surface area contributed by atoms with E-state index in [0.717, 1.165) is 26.2 Å². The zero-order chi connectivity index (χ0) is 13.0. The van der Waals surface area contributed by atoms with Crippen LogP contribution in [0, 0.1) is 0 Å². The zero-order valence-electron chi connectivity index (χ0n) is 11.4. The van der Waals surface area contributed by atoms with E-state index in [0.29, 0.717) is 0 Å². The van der Waals surface area contributed by atoms with Gasteiger partial charge in [-0.25, -0.2) is 0 Å². The topological polar surface area (TPSA) is 58.8 Å². The maximum Gasteiger partial charge on any atom is 0.241 e. The summed E-state index contributed by atoms with van der Waals surface area (Å²) in [5.41, 5.74) is 5.76. The lowest BCUT2D eigenvalue weighted by molar-refractivity contribution is -0.134. The highest BCUT2D eigenvalue weighted by molar-refractivity contribution is 7.14. The van der Waals surface area contributed by atoms with Crippen LogP contribution in [0.15, 0.2) is 17.5 Å². The van der Waals surface area contributed by atoms with Crippen molar-refractivity contribution < 1.29 is 9.53 Å². The molecule has 0 radical (unpaired) electrons. The molecule has 1 aromatic heterocycles. The van der Waals surface area contributed by atoms with Gasteiger partial charge in [0.05, 0.1) is 11.6 Å². The first-order chi connectivity index (χ1) is 8.72. The van der Waals surface area contributed by atoms with E-state index in [9.17, 15) is 4.79 Å². The van der Waals surface area contributed by atoms with Crippen LogP contribution in [0.4, 0.5) is 5.00 Å². The van der Waals surface area contributed by atoms with Crippen molar-refractivity contribution in [3.05, 3.63) is 17.5 Å². The van der Waals surface area contributed by atoms with Crippen molar-refractivity contribution in [1.29, 1.82) is 0 Å². The molecule has 2 heterocycles. The standard InChI is InChI=1S/C12H19N3O2S.2ClH/c1-17-9-10(13)12(16)15-6-4-14(5-7-15)11-3-2-8-18-11;;/h2-3,8,10H,4-7,9,13H2,1H3;2*1H. The van der Waals surface area contributed by atoms with Gasteiger partial charge in [0.25, 0.3) is 0 Å². The average molecular weight is 342 g/mol. The van der Waals surface area contributed by atoms with Crippen LogP contribution in [0.2, 0.25) is 0 Å². The molecule has 5 nitrogen and oxygen atoms in total. The summed E-state index contributed by atoms with van der Waals surface area (Å²) in [6.07, 6.45) is 0. The Bertz CT molecular complexity index is 384. The third-order valence-electron chi connectivity index (χ3n) is 3.07. The quantitative estimate of drug-likeness (QED) is 0.894. The van der Waals surface area contributed by atoms with E-state index in [1.54, 1.807) is 18.4 Å². The number of methoxy groups -OCH3 is 1. The van der Waals surface area contributed by atoms with Crippen LogP contribution < -0.4 is 10.6 Å². The van der Waals surface area contributed by atoms with Crippen LogP contribution >= 0.6 is 36.2 Å². The number of carbonyl (C=O) groups is 1.